The Morgan fingerprint density at radius 3 is 1.02 bits per heavy atom. The SMILES string of the molecule is CC(C)(C)c1cc(C2CCC2C(=O)OSOC(=O)C2CCC2c2cc(C(C)(C)C)c(O)c(C(C)(C)C)c2)cc(C(C)(C)C)c1O. The Bertz CT molecular complexity index is 1270. The van der Waals surface area contributed by atoms with Crippen molar-refractivity contribution < 1.29 is 28.2 Å². The minimum Gasteiger partial charge on any atom is -0.507 e. The van der Waals surface area contributed by atoms with E-state index >= 15 is 0 Å². The molecule has 2 aliphatic carbocycles. The van der Waals surface area contributed by atoms with E-state index in [1.807, 2.05) is 24.3 Å². The first-order valence-corrected chi connectivity index (χ1v) is 17.0. The van der Waals surface area contributed by atoms with Crippen LogP contribution in [0.15, 0.2) is 24.3 Å². The molecule has 4 rings (SSSR count). The maximum Gasteiger partial charge on any atom is 0.324 e. The van der Waals surface area contributed by atoms with E-state index in [4.69, 9.17) is 8.37 Å². The monoisotopic (exact) mass is 638 g/mol. The molecule has 0 aliphatic heterocycles. The normalized spacial score (nSPS) is 22.3. The van der Waals surface area contributed by atoms with Crippen LogP contribution in [0.5, 0.6) is 11.5 Å². The molecule has 0 saturated heterocycles. The van der Waals surface area contributed by atoms with Crippen LogP contribution in [0, 0.1) is 11.8 Å². The molecule has 0 aromatic heterocycles. The van der Waals surface area contributed by atoms with Gasteiger partial charge in [0.25, 0.3) is 12.3 Å². The lowest BCUT2D eigenvalue weighted by molar-refractivity contribution is -0.144. The Kier molecular flexibility index (Phi) is 9.51. The van der Waals surface area contributed by atoms with E-state index in [9.17, 15) is 19.8 Å². The van der Waals surface area contributed by atoms with Gasteiger partial charge in [-0.15, -0.1) is 0 Å². The van der Waals surface area contributed by atoms with Crippen molar-refractivity contribution in [2.24, 2.45) is 11.8 Å². The molecule has 2 saturated carbocycles. The number of carbonyl (C=O) groups excluding carboxylic acids is 2. The van der Waals surface area contributed by atoms with Crippen LogP contribution >= 0.6 is 12.3 Å². The molecule has 2 aromatic carbocycles. The fraction of sp³-hybridized carbons (Fsp3) is 0.632. The molecule has 2 aromatic rings. The van der Waals surface area contributed by atoms with Gasteiger partial charge in [0.05, 0.1) is 11.8 Å². The van der Waals surface area contributed by atoms with Gasteiger partial charge < -0.3 is 18.6 Å². The molecule has 0 radical (unpaired) electrons. The summed E-state index contributed by atoms with van der Waals surface area (Å²) in [5.74, 6) is -0.827. The summed E-state index contributed by atoms with van der Waals surface area (Å²) in [5.41, 5.74) is 4.54. The first-order valence-electron chi connectivity index (χ1n) is 16.4. The summed E-state index contributed by atoms with van der Waals surface area (Å²) in [5, 5.41) is 22.2. The molecule has 0 heterocycles. The van der Waals surface area contributed by atoms with Gasteiger partial charge in [0, 0.05) is 0 Å². The number of rotatable bonds is 6. The predicted octanol–water partition coefficient (Wildman–Crippen LogP) is 9.62. The molecule has 4 unspecified atom stereocenters. The second-order valence-electron chi connectivity index (χ2n) is 17.4. The second kappa shape index (κ2) is 12.2. The predicted molar refractivity (Wildman–Crippen MR) is 182 cm³/mol. The quantitative estimate of drug-likeness (QED) is 0.304. The van der Waals surface area contributed by atoms with E-state index in [1.54, 1.807) is 0 Å². The third-order valence-corrected chi connectivity index (χ3v) is 10.2. The van der Waals surface area contributed by atoms with Gasteiger partial charge in [-0.25, -0.2) is 0 Å². The highest BCUT2D eigenvalue weighted by atomic mass is 32.2. The van der Waals surface area contributed by atoms with Crippen molar-refractivity contribution >= 4 is 24.3 Å². The van der Waals surface area contributed by atoms with Gasteiger partial charge in [-0.05, 0) is 92.6 Å². The van der Waals surface area contributed by atoms with E-state index in [0.717, 1.165) is 46.2 Å². The van der Waals surface area contributed by atoms with E-state index in [-0.39, 0.29) is 57.3 Å². The minimum atomic E-state index is -0.389. The zero-order chi connectivity index (χ0) is 33.9. The number of phenols is 2. The van der Waals surface area contributed by atoms with Gasteiger partial charge >= 0.3 is 11.9 Å². The Labute approximate surface area is 275 Å². The van der Waals surface area contributed by atoms with E-state index in [1.165, 1.54) is 0 Å². The summed E-state index contributed by atoms with van der Waals surface area (Å²) in [6, 6.07) is 8.16. The highest BCUT2D eigenvalue weighted by Crippen LogP contribution is 2.50. The Balaban J connectivity index is 1.43. The van der Waals surface area contributed by atoms with Crippen molar-refractivity contribution in [1.82, 2.24) is 0 Å². The highest BCUT2D eigenvalue weighted by Gasteiger charge is 2.43. The number of carbonyl (C=O) groups is 2. The van der Waals surface area contributed by atoms with Crippen molar-refractivity contribution in [3.05, 3.63) is 57.6 Å². The average molecular weight is 639 g/mol. The molecule has 0 amide bonds. The summed E-state index contributed by atoms with van der Waals surface area (Å²) in [6.45, 7) is 25.0. The van der Waals surface area contributed by atoms with Gasteiger partial charge in [0.2, 0.25) is 0 Å². The van der Waals surface area contributed by atoms with Gasteiger partial charge in [-0.1, -0.05) is 107 Å². The van der Waals surface area contributed by atoms with Crippen LogP contribution in [0.2, 0.25) is 0 Å². The lowest BCUT2D eigenvalue weighted by Crippen LogP contribution is -2.33. The molecule has 7 heteroatoms. The first kappa shape index (κ1) is 35.2. The zero-order valence-corrected chi connectivity index (χ0v) is 30.2. The molecule has 2 N–H and O–H groups in total. The summed E-state index contributed by atoms with van der Waals surface area (Å²) >= 11 is 0.475. The number of aromatic hydroxyl groups is 2. The van der Waals surface area contributed by atoms with Crippen molar-refractivity contribution in [2.75, 3.05) is 0 Å². The molecule has 2 aliphatic rings. The molecular weight excluding hydrogens is 584 g/mol. The van der Waals surface area contributed by atoms with Gasteiger partial charge in [0.1, 0.15) is 11.5 Å². The highest BCUT2D eigenvalue weighted by molar-refractivity contribution is 7.90. The van der Waals surface area contributed by atoms with Gasteiger partial charge in [-0.2, -0.15) is 0 Å². The molecule has 45 heavy (non-hydrogen) atoms. The van der Waals surface area contributed by atoms with E-state index in [0.29, 0.717) is 36.7 Å². The molecule has 248 valence electrons. The summed E-state index contributed by atoms with van der Waals surface area (Å²) in [4.78, 5) is 26.3. The average Bonchev–Trinajstić information content (AvgIpc) is 2.81. The van der Waals surface area contributed by atoms with E-state index < -0.39 is 0 Å². The lowest BCUT2D eigenvalue weighted by Gasteiger charge is -2.37. The first-order chi connectivity index (χ1) is 20.5. The summed E-state index contributed by atoms with van der Waals surface area (Å²) in [6.07, 6.45) is 3.11. The number of hydrogen-bond donors (Lipinski definition) is 2. The third kappa shape index (κ3) is 7.34. The fourth-order valence-corrected chi connectivity index (χ4v) is 7.01. The topological polar surface area (TPSA) is 93.1 Å². The maximum absolute atomic E-state index is 13.1. The van der Waals surface area contributed by atoms with Crippen molar-refractivity contribution in [2.45, 2.75) is 142 Å². The van der Waals surface area contributed by atoms with Gasteiger partial charge in [0.15, 0.2) is 0 Å². The largest absolute Gasteiger partial charge is 0.507 e. The summed E-state index contributed by atoms with van der Waals surface area (Å²) < 4.78 is 10.9. The molecular formula is C38H54O6S. The zero-order valence-electron chi connectivity index (χ0n) is 29.4. The van der Waals surface area contributed by atoms with Crippen LogP contribution < -0.4 is 0 Å². The lowest BCUT2D eigenvalue weighted by atomic mass is 9.67. The van der Waals surface area contributed by atoms with Crippen LogP contribution in [-0.4, -0.2) is 22.2 Å². The second-order valence-corrected chi connectivity index (χ2v) is 17.9. The number of benzene rings is 2. The molecule has 0 spiro atoms. The standard InChI is InChI=1S/C38H54O6S/c1-35(2,3)27-17-21(18-28(31(27)39)36(4,5)6)23-13-15-25(23)33(41)43-45-44-34(42)26-16-14-24(26)22-19-29(37(7,8)9)32(40)30(20-22)38(10,11)12/h17-20,23-26,39-40H,13-16H2,1-12H3. The van der Waals surface area contributed by atoms with Crippen molar-refractivity contribution in [3.8, 4) is 11.5 Å². The third-order valence-electron chi connectivity index (χ3n) is 9.74. The Morgan fingerprint density at radius 2 is 0.822 bits per heavy atom. The molecule has 2 fully saturated rings. The van der Waals surface area contributed by atoms with Crippen LogP contribution in [0.4, 0.5) is 0 Å². The van der Waals surface area contributed by atoms with Crippen molar-refractivity contribution in [3.63, 3.8) is 0 Å². The summed E-state index contributed by atoms with van der Waals surface area (Å²) in [7, 11) is 0. The number of phenolic OH excluding ortho intramolecular Hbond substituents is 2. The Hall–Kier alpha value is -2.67. The smallest absolute Gasteiger partial charge is 0.324 e. The molecule has 4 atom stereocenters. The minimum absolute atomic E-state index is 0.0175. The van der Waals surface area contributed by atoms with Crippen LogP contribution in [-0.2, 0) is 39.6 Å². The maximum atomic E-state index is 13.1. The number of hydrogen-bond acceptors (Lipinski definition) is 7. The van der Waals surface area contributed by atoms with Crippen molar-refractivity contribution in [1.29, 1.82) is 0 Å². The van der Waals surface area contributed by atoms with Crippen LogP contribution in [0.3, 0.4) is 0 Å². The van der Waals surface area contributed by atoms with E-state index in [2.05, 4.69) is 83.1 Å². The van der Waals surface area contributed by atoms with Crippen LogP contribution in [0.1, 0.15) is 154 Å². The molecule has 0 bridgehead atoms. The van der Waals surface area contributed by atoms with Crippen LogP contribution in [0.25, 0.3) is 0 Å². The fourth-order valence-electron chi connectivity index (χ4n) is 6.60. The van der Waals surface area contributed by atoms with Gasteiger partial charge in [-0.3, -0.25) is 9.59 Å². The molecule has 6 nitrogen and oxygen atoms in total. The Morgan fingerprint density at radius 1 is 0.556 bits per heavy atom.